The number of rotatable bonds is 3. The van der Waals surface area contributed by atoms with Crippen LogP contribution in [0.3, 0.4) is 0 Å². The molecule has 162 valence electrons. The van der Waals surface area contributed by atoms with E-state index < -0.39 is 5.89 Å². The molecule has 2 atom stereocenters. The molecule has 0 radical (unpaired) electrons. The van der Waals surface area contributed by atoms with Gasteiger partial charge in [0.05, 0.1) is 0 Å². The summed E-state index contributed by atoms with van der Waals surface area (Å²) in [5, 5.41) is 0. The molecule has 0 spiro atoms. The van der Waals surface area contributed by atoms with Crippen LogP contribution in [0, 0.1) is 18.8 Å². The summed E-state index contributed by atoms with van der Waals surface area (Å²) in [4.78, 5) is 5.27. The van der Waals surface area contributed by atoms with E-state index in [0.717, 1.165) is 0 Å². The van der Waals surface area contributed by atoms with Gasteiger partial charge in [-0.15, -0.1) is 0 Å². The summed E-state index contributed by atoms with van der Waals surface area (Å²) in [7, 11) is 0. The molecule has 0 amide bonds. The van der Waals surface area contributed by atoms with Crippen molar-refractivity contribution in [1.29, 1.82) is 0 Å². The van der Waals surface area contributed by atoms with Crippen molar-refractivity contribution in [3.05, 3.63) is 71.1 Å². The second-order valence-electron chi connectivity index (χ2n) is 10.2. The number of nitrogens with zero attached hydrogens (tertiary/aromatic N) is 2. The Morgan fingerprint density at radius 1 is 0.710 bits per heavy atom. The summed E-state index contributed by atoms with van der Waals surface area (Å²) in [5.74, 6) is 0.429. The van der Waals surface area contributed by atoms with E-state index in [1.54, 1.807) is 0 Å². The van der Waals surface area contributed by atoms with Crippen molar-refractivity contribution in [1.82, 2.24) is 0 Å². The highest BCUT2D eigenvalue weighted by molar-refractivity contribution is 5.77. The fourth-order valence-corrected chi connectivity index (χ4v) is 7.00. The zero-order chi connectivity index (χ0) is 21.9. The standard InChI is InChI=1S/C29H36N2/c1-20-12-6-10-18-25(20)30-21(2)28-27(22-13-7-8-14-22)24-17-9-11-19-26(24)31(28)29(30)23-15-4-3-5-16-23/h6,9-12,17-19,22-23,27,29H,3-5,7-8,13-16H2,1-2H3/i27D. The van der Waals surface area contributed by atoms with Gasteiger partial charge in [-0.3, -0.25) is 0 Å². The number of hydrogen-bond donors (Lipinski definition) is 0. The topological polar surface area (TPSA) is 6.48 Å². The van der Waals surface area contributed by atoms with E-state index >= 15 is 0 Å². The highest BCUT2D eigenvalue weighted by Crippen LogP contribution is 2.58. The predicted octanol–water partition coefficient (Wildman–Crippen LogP) is 7.75. The molecule has 0 bridgehead atoms. The highest BCUT2D eigenvalue weighted by Gasteiger charge is 2.51. The molecule has 2 aromatic rings. The third-order valence-corrected chi connectivity index (χ3v) is 8.39. The molecule has 2 saturated carbocycles. The van der Waals surface area contributed by atoms with E-state index in [0.29, 0.717) is 18.0 Å². The number of aryl methyl sites for hydroxylation is 1. The maximum Gasteiger partial charge on any atom is 0.113 e. The van der Waals surface area contributed by atoms with Crippen molar-refractivity contribution in [2.24, 2.45) is 11.8 Å². The number of hydrogen-bond acceptors (Lipinski definition) is 2. The Labute approximate surface area is 189 Å². The highest BCUT2D eigenvalue weighted by atomic mass is 15.4. The number of anilines is 2. The average molecular weight is 414 g/mol. The van der Waals surface area contributed by atoms with Crippen molar-refractivity contribution in [2.45, 2.75) is 83.7 Å². The Balaban J connectivity index is 1.58. The van der Waals surface area contributed by atoms with Gasteiger partial charge in [0.15, 0.2) is 0 Å². The lowest BCUT2D eigenvalue weighted by Gasteiger charge is -2.41. The van der Waals surface area contributed by atoms with Gasteiger partial charge in [0.25, 0.3) is 0 Å². The van der Waals surface area contributed by atoms with Gasteiger partial charge in [-0.25, -0.2) is 0 Å². The number of para-hydroxylation sites is 2. The summed E-state index contributed by atoms with van der Waals surface area (Å²) >= 11 is 0. The fraction of sp³-hybridized carbons (Fsp3) is 0.517. The van der Waals surface area contributed by atoms with Gasteiger partial charge in [0.1, 0.15) is 6.17 Å². The first-order chi connectivity index (χ1) is 15.6. The second-order valence-corrected chi connectivity index (χ2v) is 10.2. The fourth-order valence-electron chi connectivity index (χ4n) is 7.00. The molecule has 2 fully saturated rings. The van der Waals surface area contributed by atoms with Crippen LogP contribution in [0.1, 0.15) is 83.1 Å². The Kier molecular flexibility index (Phi) is 4.58. The molecule has 0 saturated heterocycles. The summed E-state index contributed by atoms with van der Waals surface area (Å²) < 4.78 is 10.1. The SMILES string of the molecule is [2H]C1(C2CCCC2)C2=C(C)N(c3ccccc3C)C(C3CCCCC3)N2c2ccccc21. The summed E-state index contributed by atoms with van der Waals surface area (Å²) in [6.45, 7) is 4.55. The zero-order valence-electron chi connectivity index (χ0n) is 20.1. The molecule has 0 N–H and O–H groups in total. The van der Waals surface area contributed by atoms with Crippen molar-refractivity contribution >= 4 is 11.4 Å². The molecule has 6 rings (SSSR count). The van der Waals surface area contributed by atoms with Crippen LogP contribution in [0.15, 0.2) is 59.9 Å². The van der Waals surface area contributed by atoms with Crippen molar-refractivity contribution in [2.75, 3.05) is 9.80 Å². The number of allylic oxidation sites excluding steroid dienone is 2. The van der Waals surface area contributed by atoms with E-state index in [4.69, 9.17) is 0 Å². The van der Waals surface area contributed by atoms with Crippen molar-refractivity contribution < 1.29 is 1.37 Å². The third kappa shape index (κ3) is 2.97. The number of benzene rings is 2. The van der Waals surface area contributed by atoms with Crippen LogP contribution >= 0.6 is 0 Å². The van der Waals surface area contributed by atoms with Crippen LogP contribution in [-0.4, -0.2) is 6.17 Å². The van der Waals surface area contributed by atoms with Crippen LogP contribution in [0.25, 0.3) is 0 Å². The molecule has 2 aliphatic heterocycles. The lowest BCUT2D eigenvalue weighted by molar-refractivity contribution is 0.306. The minimum atomic E-state index is -0.623. The smallest absolute Gasteiger partial charge is 0.113 e. The van der Waals surface area contributed by atoms with E-state index in [2.05, 4.69) is 72.2 Å². The quantitative estimate of drug-likeness (QED) is 0.507. The van der Waals surface area contributed by atoms with Gasteiger partial charge in [0.2, 0.25) is 0 Å². The van der Waals surface area contributed by atoms with Crippen LogP contribution in [-0.2, 0) is 0 Å². The molecule has 2 aromatic carbocycles. The van der Waals surface area contributed by atoms with E-state index in [1.165, 1.54) is 91.7 Å². The van der Waals surface area contributed by atoms with E-state index in [1.807, 2.05) is 0 Å². The molecule has 2 heteroatoms. The first-order valence-electron chi connectivity index (χ1n) is 13.1. The van der Waals surface area contributed by atoms with Gasteiger partial charge >= 0.3 is 0 Å². The molecule has 2 heterocycles. The van der Waals surface area contributed by atoms with Gasteiger partial charge in [-0.05, 0) is 74.6 Å². The molecule has 0 aromatic heterocycles. The van der Waals surface area contributed by atoms with Crippen molar-refractivity contribution in [3.63, 3.8) is 0 Å². The zero-order valence-corrected chi connectivity index (χ0v) is 19.1. The first-order valence-corrected chi connectivity index (χ1v) is 12.6. The Hall–Kier alpha value is -2.22. The maximum absolute atomic E-state index is 10.1. The van der Waals surface area contributed by atoms with E-state index in [-0.39, 0.29) is 0 Å². The maximum atomic E-state index is 10.1. The van der Waals surface area contributed by atoms with Gasteiger partial charge in [-0.2, -0.15) is 0 Å². The third-order valence-electron chi connectivity index (χ3n) is 8.39. The lowest BCUT2D eigenvalue weighted by Crippen LogP contribution is -2.46. The average Bonchev–Trinajstić information content (AvgIpc) is 3.52. The van der Waals surface area contributed by atoms with Gasteiger partial charge in [0, 0.05) is 30.0 Å². The molecule has 2 unspecified atom stereocenters. The first kappa shape index (κ1) is 18.4. The Morgan fingerprint density at radius 3 is 2.06 bits per heavy atom. The van der Waals surface area contributed by atoms with Crippen LogP contribution in [0.2, 0.25) is 0 Å². The molecule has 2 aliphatic carbocycles. The lowest BCUT2D eigenvalue weighted by atomic mass is 9.83. The van der Waals surface area contributed by atoms with Crippen LogP contribution < -0.4 is 9.80 Å². The molecule has 2 nitrogen and oxygen atoms in total. The predicted molar refractivity (Wildman–Crippen MR) is 130 cm³/mol. The Bertz CT molecular complexity index is 1050. The second kappa shape index (κ2) is 7.73. The van der Waals surface area contributed by atoms with Gasteiger partial charge in [-0.1, -0.05) is 68.5 Å². The van der Waals surface area contributed by atoms with Gasteiger partial charge < -0.3 is 9.80 Å². The summed E-state index contributed by atoms with van der Waals surface area (Å²) in [5.41, 5.74) is 7.81. The van der Waals surface area contributed by atoms with E-state index in [9.17, 15) is 1.37 Å². The summed E-state index contributed by atoms with van der Waals surface area (Å²) in [6.07, 6.45) is 11.8. The molecular weight excluding hydrogens is 376 g/mol. The monoisotopic (exact) mass is 413 g/mol. The normalized spacial score (nSPS) is 29.5. The minimum absolute atomic E-state index is 0.293. The van der Waals surface area contributed by atoms with Crippen molar-refractivity contribution in [3.8, 4) is 0 Å². The molecular formula is C29H36N2. The van der Waals surface area contributed by atoms with Crippen LogP contribution in [0.4, 0.5) is 11.4 Å². The number of fused-ring (bicyclic) bond motifs is 3. The van der Waals surface area contributed by atoms with Crippen LogP contribution in [0.5, 0.6) is 0 Å². The Morgan fingerprint density at radius 2 is 1.32 bits per heavy atom. The molecule has 4 aliphatic rings. The summed E-state index contributed by atoms with van der Waals surface area (Å²) in [6, 6.07) is 17.8. The molecule has 31 heavy (non-hydrogen) atoms. The largest absolute Gasteiger partial charge is 0.322 e. The minimum Gasteiger partial charge on any atom is -0.322 e.